The van der Waals surface area contributed by atoms with Gasteiger partial charge in [-0.1, -0.05) is 17.7 Å². The molecule has 2 aromatic rings. The molecule has 0 atom stereocenters. The van der Waals surface area contributed by atoms with E-state index in [1.807, 2.05) is 18.2 Å². The Bertz CT molecular complexity index is 616. The van der Waals surface area contributed by atoms with Crippen molar-refractivity contribution in [3.05, 3.63) is 47.0 Å². The number of benzene rings is 2. The Balaban J connectivity index is 1.72. The molecule has 0 fully saturated rings. The maximum Gasteiger partial charge on any atom is 0.231 e. The van der Waals surface area contributed by atoms with Gasteiger partial charge in [0.1, 0.15) is 12.4 Å². The molecule has 2 N–H and O–H groups in total. The molecule has 0 aromatic heterocycles. The van der Waals surface area contributed by atoms with E-state index >= 15 is 0 Å². The fourth-order valence-electron chi connectivity index (χ4n) is 1.82. The van der Waals surface area contributed by atoms with Crippen LogP contribution in [0.4, 0.5) is 5.69 Å². The molecule has 2 aromatic carbocycles. The van der Waals surface area contributed by atoms with Crippen molar-refractivity contribution >= 4 is 17.3 Å². The van der Waals surface area contributed by atoms with Crippen molar-refractivity contribution in [1.29, 1.82) is 0 Å². The first-order valence-electron chi connectivity index (χ1n) is 5.79. The quantitative estimate of drug-likeness (QED) is 0.875. The van der Waals surface area contributed by atoms with Crippen molar-refractivity contribution < 1.29 is 14.2 Å². The topological polar surface area (TPSA) is 53.7 Å². The van der Waals surface area contributed by atoms with Gasteiger partial charge in [-0.25, -0.2) is 0 Å². The van der Waals surface area contributed by atoms with E-state index in [0.717, 1.165) is 11.3 Å². The number of ether oxygens (including phenoxy) is 3. The summed E-state index contributed by atoms with van der Waals surface area (Å²) in [6.07, 6.45) is 0. The van der Waals surface area contributed by atoms with Crippen molar-refractivity contribution in [2.45, 2.75) is 6.61 Å². The van der Waals surface area contributed by atoms with Crippen LogP contribution in [0.25, 0.3) is 0 Å². The number of halogens is 1. The van der Waals surface area contributed by atoms with E-state index in [4.69, 9.17) is 31.5 Å². The third-order valence-corrected chi connectivity index (χ3v) is 3.08. The molecule has 0 unspecified atom stereocenters. The van der Waals surface area contributed by atoms with Crippen molar-refractivity contribution in [3.8, 4) is 17.2 Å². The summed E-state index contributed by atoms with van der Waals surface area (Å²) in [6.45, 7) is 0.631. The molecule has 4 nitrogen and oxygen atoms in total. The van der Waals surface area contributed by atoms with E-state index in [0.29, 0.717) is 28.8 Å². The lowest BCUT2D eigenvalue weighted by Crippen LogP contribution is -2.00. The zero-order chi connectivity index (χ0) is 13.2. The SMILES string of the molecule is Nc1cc(Cl)ccc1COc1ccc2c(c1)OCO2. The second kappa shape index (κ2) is 4.90. The summed E-state index contributed by atoms with van der Waals surface area (Å²) in [5.74, 6) is 2.14. The summed E-state index contributed by atoms with van der Waals surface area (Å²) >= 11 is 5.85. The van der Waals surface area contributed by atoms with Crippen LogP contribution in [0.5, 0.6) is 17.2 Å². The molecular weight excluding hydrogens is 266 g/mol. The molecule has 0 radical (unpaired) electrons. The Morgan fingerprint density at radius 1 is 1.11 bits per heavy atom. The Morgan fingerprint density at radius 3 is 2.79 bits per heavy atom. The maximum atomic E-state index is 5.87. The number of nitrogen functional groups attached to an aromatic ring is 1. The van der Waals surface area contributed by atoms with Crippen LogP contribution in [0.3, 0.4) is 0 Å². The summed E-state index contributed by atoms with van der Waals surface area (Å²) < 4.78 is 16.2. The average molecular weight is 278 g/mol. The molecule has 0 saturated heterocycles. The highest BCUT2D eigenvalue weighted by Crippen LogP contribution is 2.35. The molecule has 19 heavy (non-hydrogen) atoms. The predicted molar refractivity (Wildman–Crippen MR) is 72.8 cm³/mol. The van der Waals surface area contributed by atoms with Gasteiger partial charge in [-0.2, -0.15) is 0 Å². The number of anilines is 1. The molecule has 1 aliphatic rings. The third-order valence-electron chi connectivity index (χ3n) is 2.85. The number of fused-ring (bicyclic) bond motifs is 1. The Kier molecular flexibility index (Phi) is 3.09. The summed E-state index contributed by atoms with van der Waals surface area (Å²) in [7, 11) is 0. The van der Waals surface area contributed by atoms with Crippen molar-refractivity contribution in [2.24, 2.45) is 0 Å². The first-order chi connectivity index (χ1) is 9.22. The Hall–Kier alpha value is -2.07. The van der Waals surface area contributed by atoms with E-state index in [9.17, 15) is 0 Å². The summed E-state index contributed by atoms with van der Waals surface area (Å²) in [4.78, 5) is 0. The number of hydrogen-bond donors (Lipinski definition) is 1. The maximum absolute atomic E-state index is 5.87. The predicted octanol–water partition coefficient (Wildman–Crippen LogP) is 3.23. The van der Waals surface area contributed by atoms with Gasteiger partial charge in [-0.15, -0.1) is 0 Å². The molecule has 0 spiro atoms. The normalized spacial score (nSPS) is 12.5. The summed E-state index contributed by atoms with van der Waals surface area (Å²) in [5.41, 5.74) is 7.38. The fraction of sp³-hybridized carbons (Fsp3) is 0.143. The van der Waals surface area contributed by atoms with Crippen LogP contribution in [-0.4, -0.2) is 6.79 Å². The lowest BCUT2D eigenvalue weighted by atomic mass is 10.2. The first kappa shape index (κ1) is 12.0. The van der Waals surface area contributed by atoms with E-state index in [1.54, 1.807) is 18.2 Å². The standard InChI is InChI=1S/C14H12ClNO3/c15-10-2-1-9(12(16)5-10)7-17-11-3-4-13-14(6-11)19-8-18-13/h1-6H,7-8,16H2. The minimum Gasteiger partial charge on any atom is -0.489 e. The molecule has 3 rings (SSSR count). The van der Waals surface area contributed by atoms with Crippen LogP contribution < -0.4 is 19.9 Å². The van der Waals surface area contributed by atoms with E-state index in [1.165, 1.54) is 0 Å². The van der Waals surface area contributed by atoms with Crippen molar-refractivity contribution in [1.82, 2.24) is 0 Å². The van der Waals surface area contributed by atoms with Gasteiger partial charge >= 0.3 is 0 Å². The molecule has 0 saturated carbocycles. The van der Waals surface area contributed by atoms with Gasteiger partial charge in [0.05, 0.1) is 0 Å². The van der Waals surface area contributed by atoms with Crippen molar-refractivity contribution in [3.63, 3.8) is 0 Å². The largest absolute Gasteiger partial charge is 0.489 e. The third kappa shape index (κ3) is 2.53. The van der Waals surface area contributed by atoms with Crippen LogP contribution in [0, 0.1) is 0 Å². The molecule has 1 aliphatic heterocycles. The van der Waals surface area contributed by atoms with E-state index in [-0.39, 0.29) is 6.79 Å². The minimum absolute atomic E-state index is 0.253. The Morgan fingerprint density at radius 2 is 1.95 bits per heavy atom. The monoisotopic (exact) mass is 277 g/mol. The highest BCUT2D eigenvalue weighted by molar-refractivity contribution is 6.30. The fourth-order valence-corrected chi connectivity index (χ4v) is 2.01. The molecule has 0 aliphatic carbocycles. The van der Waals surface area contributed by atoms with Gasteiger partial charge in [0.25, 0.3) is 0 Å². The van der Waals surface area contributed by atoms with Gasteiger partial charge in [-0.3, -0.25) is 0 Å². The first-order valence-corrected chi connectivity index (χ1v) is 6.16. The van der Waals surface area contributed by atoms with Crippen LogP contribution in [0.2, 0.25) is 5.02 Å². The molecule has 0 amide bonds. The van der Waals surface area contributed by atoms with Crippen LogP contribution in [0.15, 0.2) is 36.4 Å². The second-order valence-electron chi connectivity index (χ2n) is 4.15. The highest BCUT2D eigenvalue weighted by atomic mass is 35.5. The summed E-state index contributed by atoms with van der Waals surface area (Å²) in [5, 5.41) is 0.615. The van der Waals surface area contributed by atoms with Gasteiger partial charge in [-0.05, 0) is 24.3 Å². The van der Waals surface area contributed by atoms with Gasteiger partial charge in [0.2, 0.25) is 6.79 Å². The zero-order valence-electron chi connectivity index (χ0n) is 10.1. The smallest absolute Gasteiger partial charge is 0.231 e. The van der Waals surface area contributed by atoms with Crippen LogP contribution in [0.1, 0.15) is 5.56 Å². The molecule has 1 heterocycles. The van der Waals surface area contributed by atoms with Gasteiger partial charge < -0.3 is 19.9 Å². The van der Waals surface area contributed by atoms with E-state index in [2.05, 4.69) is 0 Å². The lowest BCUT2D eigenvalue weighted by molar-refractivity contribution is 0.173. The minimum atomic E-state index is 0.253. The zero-order valence-corrected chi connectivity index (χ0v) is 10.8. The van der Waals surface area contributed by atoms with Crippen LogP contribution in [-0.2, 0) is 6.61 Å². The number of hydrogen-bond acceptors (Lipinski definition) is 4. The summed E-state index contributed by atoms with van der Waals surface area (Å²) in [6, 6.07) is 10.8. The van der Waals surface area contributed by atoms with Gasteiger partial charge in [0.15, 0.2) is 11.5 Å². The van der Waals surface area contributed by atoms with E-state index < -0.39 is 0 Å². The number of rotatable bonds is 3. The molecule has 5 heteroatoms. The molecular formula is C14H12ClNO3. The van der Waals surface area contributed by atoms with Crippen LogP contribution >= 0.6 is 11.6 Å². The average Bonchev–Trinajstić information content (AvgIpc) is 2.85. The van der Waals surface area contributed by atoms with Gasteiger partial charge in [0, 0.05) is 22.3 Å². The molecule has 98 valence electrons. The highest BCUT2D eigenvalue weighted by Gasteiger charge is 2.13. The Labute approximate surface area is 115 Å². The second-order valence-corrected chi connectivity index (χ2v) is 4.58. The van der Waals surface area contributed by atoms with Crippen molar-refractivity contribution in [2.75, 3.05) is 12.5 Å². The number of nitrogens with two attached hydrogens (primary N) is 1. The molecule has 0 bridgehead atoms. The lowest BCUT2D eigenvalue weighted by Gasteiger charge is -2.09.